The van der Waals surface area contributed by atoms with Crippen LogP contribution in [-0.4, -0.2) is 74.5 Å². The van der Waals surface area contributed by atoms with Crippen LogP contribution < -0.4 is 11.1 Å². The average Bonchev–Trinajstić information content (AvgIpc) is 3.56. The van der Waals surface area contributed by atoms with Crippen molar-refractivity contribution in [2.24, 2.45) is 5.92 Å². The number of hydroxylamine groups is 1. The van der Waals surface area contributed by atoms with Crippen molar-refractivity contribution < 1.29 is 37.4 Å². The van der Waals surface area contributed by atoms with Gasteiger partial charge < -0.3 is 30.4 Å². The molecule has 12 heteroatoms. The second kappa shape index (κ2) is 13.7. The predicted octanol–water partition coefficient (Wildman–Crippen LogP) is 2.84. The molecule has 1 amide bonds. The Hall–Kier alpha value is -2.74. The normalized spacial score (nSPS) is 22.3. The van der Waals surface area contributed by atoms with Crippen LogP contribution in [-0.2, 0) is 35.5 Å². The van der Waals surface area contributed by atoms with Crippen molar-refractivity contribution in [1.82, 2.24) is 9.79 Å². The average molecular weight is 578 g/mol. The van der Waals surface area contributed by atoms with E-state index in [0.717, 1.165) is 16.5 Å². The molecule has 2 saturated heterocycles. The van der Waals surface area contributed by atoms with Gasteiger partial charge in [-0.25, -0.2) is 13.2 Å². The number of hydrogen-bond acceptors (Lipinski definition) is 9. The van der Waals surface area contributed by atoms with Crippen molar-refractivity contribution in [3.63, 3.8) is 0 Å². The summed E-state index contributed by atoms with van der Waals surface area (Å²) in [6, 6.07) is 14.2. The molecule has 3 unspecified atom stereocenters. The number of aliphatic hydroxyl groups excluding tert-OH is 1. The van der Waals surface area contributed by atoms with Gasteiger partial charge in [-0.3, -0.25) is 4.84 Å². The molecule has 11 nitrogen and oxygen atoms in total. The Morgan fingerprint density at radius 1 is 1.12 bits per heavy atom. The molecule has 2 aromatic rings. The molecular formula is C28H39N3O8S. The number of rotatable bonds is 13. The molecule has 0 aliphatic carbocycles. The highest BCUT2D eigenvalue weighted by molar-refractivity contribution is 7.89. The second-order valence-electron chi connectivity index (χ2n) is 10.1. The van der Waals surface area contributed by atoms with Crippen molar-refractivity contribution in [3.8, 4) is 0 Å². The maximum absolute atomic E-state index is 13.6. The minimum Gasteiger partial charge on any atom is -0.443 e. The van der Waals surface area contributed by atoms with E-state index in [2.05, 4.69) is 5.32 Å². The number of carbonyl (C=O) groups excluding carboxylic acids is 1. The Kier molecular flexibility index (Phi) is 10.4. The van der Waals surface area contributed by atoms with Crippen molar-refractivity contribution in [3.05, 3.63) is 60.2 Å². The fourth-order valence-electron chi connectivity index (χ4n) is 4.86. The number of alkyl carbamates (subject to hydrolysis) is 1. The number of carbonyl (C=O) groups is 1. The molecule has 0 aromatic heterocycles. The molecule has 5 atom stereocenters. The summed E-state index contributed by atoms with van der Waals surface area (Å²) in [4.78, 5) is 18.9. The first-order valence-electron chi connectivity index (χ1n) is 13.7. The Bertz CT molecular complexity index is 1190. The highest BCUT2D eigenvalue weighted by Gasteiger charge is 2.44. The molecule has 4 N–H and O–H groups in total. The van der Waals surface area contributed by atoms with Gasteiger partial charge in [0.15, 0.2) is 6.29 Å². The van der Waals surface area contributed by atoms with Crippen molar-refractivity contribution in [1.29, 1.82) is 0 Å². The number of aliphatic hydroxyl groups is 1. The largest absolute Gasteiger partial charge is 0.443 e. The highest BCUT2D eigenvalue weighted by atomic mass is 32.2. The zero-order valence-electron chi connectivity index (χ0n) is 22.8. The van der Waals surface area contributed by atoms with E-state index in [4.69, 9.17) is 24.8 Å². The Morgan fingerprint density at radius 2 is 1.82 bits per heavy atom. The summed E-state index contributed by atoms with van der Waals surface area (Å²) in [6.07, 6.45) is -1.23. The first-order valence-corrected chi connectivity index (χ1v) is 15.1. The SMILES string of the molecule is CCC(CC)ON(C[C@@H](O)[C@H](Cc1ccccc1)NC(=O)OC1COC2OCCC12)S(=O)(=O)c1ccc(N)cc1. The molecule has 4 rings (SSSR count). The molecule has 2 heterocycles. The van der Waals surface area contributed by atoms with Crippen LogP contribution in [0.25, 0.3) is 0 Å². The lowest BCUT2D eigenvalue weighted by Gasteiger charge is -2.31. The second-order valence-corrected chi connectivity index (χ2v) is 11.9. The van der Waals surface area contributed by atoms with Crippen LogP contribution in [0.15, 0.2) is 59.5 Å². The zero-order valence-corrected chi connectivity index (χ0v) is 23.7. The summed E-state index contributed by atoms with van der Waals surface area (Å²) in [5.74, 6) is -0.0442. The van der Waals surface area contributed by atoms with Gasteiger partial charge in [0.2, 0.25) is 0 Å². The predicted molar refractivity (Wildman–Crippen MR) is 147 cm³/mol. The third kappa shape index (κ3) is 7.50. The number of nitrogen functional groups attached to an aromatic ring is 1. The lowest BCUT2D eigenvalue weighted by molar-refractivity contribution is -0.149. The molecule has 2 aromatic carbocycles. The number of fused-ring (bicyclic) bond motifs is 1. The van der Waals surface area contributed by atoms with Crippen molar-refractivity contribution >= 4 is 21.8 Å². The number of nitrogens with zero attached hydrogens (tertiary/aromatic N) is 1. The van der Waals surface area contributed by atoms with Crippen molar-refractivity contribution in [2.75, 3.05) is 25.5 Å². The van der Waals surface area contributed by atoms with Gasteiger partial charge in [-0.15, -0.1) is 0 Å². The molecular weight excluding hydrogens is 538 g/mol. The molecule has 2 aliphatic rings. The van der Waals surface area contributed by atoms with Crippen LogP contribution in [0.5, 0.6) is 0 Å². The van der Waals surface area contributed by atoms with Crippen molar-refractivity contribution in [2.45, 2.75) is 75.1 Å². The fourth-order valence-corrected chi connectivity index (χ4v) is 6.16. The summed E-state index contributed by atoms with van der Waals surface area (Å²) in [5.41, 5.74) is 7.01. The molecule has 0 saturated carbocycles. The minimum atomic E-state index is -4.17. The lowest BCUT2D eigenvalue weighted by atomic mass is 10.0. The summed E-state index contributed by atoms with van der Waals surface area (Å²) in [7, 11) is -4.17. The van der Waals surface area contributed by atoms with E-state index in [1.807, 2.05) is 44.2 Å². The Balaban J connectivity index is 1.53. The fraction of sp³-hybridized carbons (Fsp3) is 0.536. The van der Waals surface area contributed by atoms with E-state index in [-0.39, 0.29) is 30.1 Å². The number of nitrogens with one attached hydrogen (secondary N) is 1. The number of sulfonamides is 1. The first-order chi connectivity index (χ1) is 19.2. The Labute approximate surface area is 235 Å². The lowest BCUT2D eigenvalue weighted by Crippen LogP contribution is -2.51. The quantitative estimate of drug-likeness (QED) is 0.241. The first kappa shape index (κ1) is 30.2. The van der Waals surface area contributed by atoms with Gasteiger partial charge in [0.05, 0.1) is 48.8 Å². The van der Waals surface area contributed by atoms with Gasteiger partial charge in [0, 0.05) is 5.69 Å². The monoisotopic (exact) mass is 577 g/mol. The summed E-state index contributed by atoms with van der Waals surface area (Å²) < 4.78 is 44.7. The van der Waals surface area contributed by atoms with Gasteiger partial charge >= 0.3 is 6.09 Å². The zero-order chi connectivity index (χ0) is 28.7. The minimum absolute atomic E-state index is 0.0265. The molecule has 2 fully saturated rings. The van der Waals surface area contributed by atoms with E-state index in [1.54, 1.807) is 0 Å². The Morgan fingerprint density at radius 3 is 2.50 bits per heavy atom. The third-order valence-corrected chi connectivity index (χ3v) is 8.91. The van der Waals surface area contributed by atoms with Gasteiger partial charge in [-0.1, -0.05) is 48.6 Å². The van der Waals surface area contributed by atoms with Crippen LogP contribution in [0.3, 0.4) is 0 Å². The highest BCUT2D eigenvalue weighted by Crippen LogP contribution is 2.33. The van der Waals surface area contributed by atoms with Gasteiger partial charge in [-0.05, 0) is 55.5 Å². The van der Waals surface area contributed by atoms with Crippen LogP contribution in [0.1, 0.15) is 38.7 Å². The maximum atomic E-state index is 13.6. The number of hydrogen-bond donors (Lipinski definition) is 3. The number of ether oxygens (including phenoxy) is 3. The summed E-state index contributed by atoms with van der Waals surface area (Å²) >= 11 is 0. The smallest absolute Gasteiger partial charge is 0.407 e. The van der Waals surface area contributed by atoms with Crippen LogP contribution in [0.4, 0.5) is 10.5 Å². The molecule has 0 spiro atoms. The number of benzene rings is 2. The standard InChI is InChI=1S/C28H39N3O8S/c1-3-21(4-2)39-31(40(34,35)22-12-10-20(29)11-13-22)17-25(32)24(16-19-8-6-5-7-9-19)30-28(33)38-26-18-37-27-23(26)14-15-36-27/h5-13,21,23-27,32H,3-4,14-18,29H2,1-2H3,(H,30,33)/t23?,24-,25+,26?,27?/m0/s1. The summed E-state index contributed by atoms with van der Waals surface area (Å²) in [5, 5.41) is 14.1. The summed E-state index contributed by atoms with van der Waals surface area (Å²) in [6.45, 7) is 4.13. The van der Waals surface area contributed by atoms with Crippen LogP contribution in [0.2, 0.25) is 0 Å². The van der Waals surface area contributed by atoms with Gasteiger partial charge in [0.25, 0.3) is 10.0 Å². The van der Waals surface area contributed by atoms with E-state index >= 15 is 0 Å². The third-order valence-electron chi connectivity index (χ3n) is 7.27. The van der Waals surface area contributed by atoms with Crippen LogP contribution >= 0.6 is 0 Å². The topological polar surface area (TPSA) is 150 Å². The van der Waals surface area contributed by atoms with Gasteiger partial charge in [-0.2, -0.15) is 0 Å². The van der Waals surface area contributed by atoms with E-state index in [1.165, 1.54) is 24.3 Å². The van der Waals surface area contributed by atoms with E-state index < -0.39 is 47.0 Å². The molecule has 0 radical (unpaired) electrons. The van der Waals surface area contributed by atoms with Crippen LogP contribution in [0, 0.1) is 5.92 Å². The molecule has 0 bridgehead atoms. The molecule has 40 heavy (non-hydrogen) atoms. The number of amides is 1. The molecule has 220 valence electrons. The molecule has 2 aliphatic heterocycles. The number of anilines is 1. The van der Waals surface area contributed by atoms with E-state index in [0.29, 0.717) is 25.1 Å². The number of nitrogens with two attached hydrogens (primary N) is 1. The van der Waals surface area contributed by atoms with E-state index in [9.17, 15) is 18.3 Å². The van der Waals surface area contributed by atoms with Gasteiger partial charge in [0.1, 0.15) is 6.10 Å². The maximum Gasteiger partial charge on any atom is 0.407 e.